The second-order valence-corrected chi connectivity index (χ2v) is 10.4. The Kier molecular flexibility index (Phi) is 6.67. The summed E-state index contributed by atoms with van der Waals surface area (Å²) in [4.78, 5) is 12.8. The number of halogens is 5. The van der Waals surface area contributed by atoms with Gasteiger partial charge in [-0.2, -0.15) is 13.2 Å². The van der Waals surface area contributed by atoms with Crippen LogP contribution in [0.2, 0.25) is 0 Å². The van der Waals surface area contributed by atoms with E-state index in [1.54, 1.807) is 24.3 Å². The number of benzene rings is 2. The molecule has 0 saturated heterocycles. The molecule has 1 aliphatic rings. The number of amides is 1. The Hall–Kier alpha value is -2.46. The minimum absolute atomic E-state index is 0.0630. The fraction of sp³-hybridized carbons (Fsp3) is 0.364. The molecule has 4 nitrogen and oxygen atoms in total. The summed E-state index contributed by atoms with van der Waals surface area (Å²) < 4.78 is 77.4. The quantitative estimate of drug-likeness (QED) is 0.440. The molecule has 1 amide bonds. The summed E-state index contributed by atoms with van der Waals surface area (Å²) in [6, 6.07) is 10.0. The number of nitrogens with one attached hydrogen (secondary N) is 1. The van der Waals surface area contributed by atoms with E-state index in [2.05, 4.69) is 11.2 Å². The van der Waals surface area contributed by atoms with Crippen LogP contribution >= 0.6 is 0 Å². The third-order valence-corrected chi connectivity index (χ3v) is 7.42. The number of alkyl halides is 5. The fourth-order valence-corrected chi connectivity index (χ4v) is 5.15. The molecule has 0 heterocycles. The van der Waals surface area contributed by atoms with Crippen molar-refractivity contribution in [1.82, 2.24) is 0 Å². The second kappa shape index (κ2) is 8.82. The Morgan fingerprint density at radius 3 is 2.12 bits per heavy atom. The van der Waals surface area contributed by atoms with Gasteiger partial charge in [0.05, 0.1) is 6.42 Å². The third kappa shape index (κ3) is 5.29. The van der Waals surface area contributed by atoms with Crippen molar-refractivity contribution in [3.05, 3.63) is 59.7 Å². The molecule has 10 heteroatoms. The molecule has 32 heavy (non-hydrogen) atoms. The van der Waals surface area contributed by atoms with Gasteiger partial charge >= 0.3 is 6.18 Å². The van der Waals surface area contributed by atoms with E-state index in [4.69, 9.17) is 0 Å². The minimum atomic E-state index is -5.58. The molecule has 0 spiro atoms. The maximum Gasteiger partial charge on any atom is 0.427 e. The predicted octanol–water partition coefficient (Wildman–Crippen LogP) is 4.37. The average molecular weight is 475 g/mol. The van der Waals surface area contributed by atoms with Crippen molar-refractivity contribution >= 4 is 27.0 Å². The van der Waals surface area contributed by atoms with Crippen molar-refractivity contribution in [3.63, 3.8) is 0 Å². The first-order valence-corrected chi connectivity index (χ1v) is 11.6. The summed E-state index contributed by atoms with van der Waals surface area (Å²) in [6.07, 6.45) is -7.60. The molecule has 1 fully saturated rings. The van der Waals surface area contributed by atoms with Gasteiger partial charge in [0.1, 0.15) is 0 Å². The lowest BCUT2D eigenvalue weighted by atomic mass is 9.93. The number of hydrogen-bond donors (Lipinski definition) is 2. The Morgan fingerprint density at radius 1 is 1.09 bits per heavy atom. The van der Waals surface area contributed by atoms with Crippen LogP contribution in [-0.4, -0.2) is 39.4 Å². The van der Waals surface area contributed by atoms with Crippen molar-refractivity contribution in [3.8, 4) is 0 Å². The van der Waals surface area contributed by atoms with Crippen LogP contribution in [-0.2, 0) is 26.3 Å². The summed E-state index contributed by atoms with van der Waals surface area (Å²) in [6.45, 7) is 0. The number of carbonyl (C=O) groups is 1. The third-order valence-electron chi connectivity index (χ3n) is 5.28. The van der Waals surface area contributed by atoms with Gasteiger partial charge in [-0.3, -0.25) is 9.00 Å². The molecular weight excluding hydrogens is 453 g/mol. The summed E-state index contributed by atoms with van der Waals surface area (Å²) in [5, 5.41) is 12.0. The first-order chi connectivity index (χ1) is 14.8. The molecule has 2 atom stereocenters. The van der Waals surface area contributed by atoms with Crippen LogP contribution in [0.3, 0.4) is 0 Å². The first kappa shape index (κ1) is 24.2. The molecule has 2 aromatic rings. The topological polar surface area (TPSA) is 66.4 Å². The Morgan fingerprint density at radius 2 is 1.66 bits per heavy atom. The lowest BCUT2D eigenvalue weighted by Gasteiger charge is -2.30. The number of rotatable bonds is 8. The van der Waals surface area contributed by atoms with Gasteiger partial charge in [-0.25, -0.2) is 8.78 Å². The van der Waals surface area contributed by atoms with Crippen molar-refractivity contribution in [2.45, 2.75) is 42.4 Å². The molecule has 1 aliphatic carbocycles. The normalized spacial score (nSPS) is 18.1. The smallest absolute Gasteiger partial charge is 0.372 e. The number of carbonyl (C=O) groups excluding carboxylic acids is 1. The predicted molar refractivity (Wildman–Crippen MR) is 112 cm³/mol. The minimum Gasteiger partial charge on any atom is -0.372 e. The molecule has 0 radical (unpaired) electrons. The highest BCUT2D eigenvalue weighted by molar-refractivity contribution is 8.00. The zero-order chi connectivity index (χ0) is 23.7. The van der Waals surface area contributed by atoms with Crippen LogP contribution in [0.5, 0.6) is 0 Å². The molecule has 1 unspecified atom stereocenters. The van der Waals surface area contributed by atoms with Gasteiger partial charge in [0, 0.05) is 16.3 Å². The van der Waals surface area contributed by atoms with Crippen molar-refractivity contribution in [2.24, 2.45) is 5.92 Å². The Labute approximate surface area is 182 Å². The molecule has 0 aliphatic heterocycles. The van der Waals surface area contributed by atoms with Gasteiger partial charge in [0.25, 0.3) is 6.43 Å². The molecule has 2 aromatic carbocycles. The van der Waals surface area contributed by atoms with Gasteiger partial charge < -0.3 is 10.4 Å². The molecule has 1 saturated carbocycles. The van der Waals surface area contributed by atoms with E-state index < -0.39 is 39.2 Å². The summed E-state index contributed by atoms with van der Waals surface area (Å²) in [7, 11) is -2.38. The van der Waals surface area contributed by atoms with Gasteiger partial charge in [0.2, 0.25) is 11.5 Å². The number of aliphatic hydroxyl groups is 1. The van der Waals surface area contributed by atoms with E-state index >= 15 is 0 Å². The Balaban J connectivity index is 1.64. The monoisotopic (exact) mass is 475 g/mol. The number of anilines is 1. The maximum atomic E-state index is 12.9. The van der Waals surface area contributed by atoms with Crippen LogP contribution in [0.1, 0.15) is 24.0 Å². The van der Waals surface area contributed by atoms with E-state index in [-0.39, 0.29) is 12.1 Å². The number of hydrogen-bond acceptors (Lipinski definition) is 3. The van der Waals surface area contributed by atoms with E-state index in [9.17, 15) is 36.1 Å². The van der Waals surface area contributed by atoms with Gasteiger partial charge in [-0.05, 0) is 69.5 Å². The van der Waals surface area contributed by atoms with E-state index in [0.29, 0.717) is 34.3 Å². The highest BCUT2D eigenvalue weighted by Crippen LogP contribution is 2.43. The molecule has 2 N–H and O–H groups in total. The fourth-order valence-electron chi connectivity index (χ4n) is 3.23. The second-order valence-electron chi connectivity index (χ2n) is 7.93. The highest BCUT2D eigenvalue weighted by atomic mass is 32.2. The largest absolute Gasteiger partial charge is 0.427 e. The van der Waals surface area contributed by atoms with Gasteiger partial charge in [-0.1, -0.05) is 24.3 Å². The van der Waals surface area contributed by atoms with Gasteiger partial charge in [0.15, 0.2) is 0 Å². The molecule has 3 rings (SSSR count). The molecule has 0 bridgehead atoms. The lowest BCUT2D eigenvalue weighted by Crippen LogP contribution is -2.48. The summed E-state index contributed by atoms with van der Waals surface area (Å²) in [5.74, 6) is 4.33. The average Bonchev–Trinajstić information content (AvgIpc) is 3.50. The van der Waals surface area contributed by atoms with E-state index in [0.717, 1.165) is 25.0 Å². The summed E-state index contributed by atoms with van der Waals surface area (Å²) >= 11 is 0. The lowest BCUT2D eigenvalue weighted by molar-refractivity contribution is -0.305. The van der Waals surface area contributed by atoms with Crippen molar-refractivity contribution in [1.29, 1.82) is 0 Å². The van der Waals surface area contributed by atoms with Crippen LogP contribution in [0.25, 0.3) is 0 Å². The van der Waals surface area contributed by atoms with Crippen LogP contribution in [0, 0.1) is 5.92 Å². The zero-order valence-electron chi connectivity index (χ0n) is 16.9. The van der Waals surface area contributed by atoms with Gasteiger partial charge in [-0.15, -0.1) is 0 Å². The van der Waals surface area contributed by atoms with Crippen LogP contribution < -0.4 is 5.32 Å². The SMILES string of the molecule is C=S(=O)(CC1CC1)c1ccc(CC(=O)Nc2ccc([C@@](O)(C(F)F)C(F)(F)F)cc2)cc1. The molecular formula is C22H22F5NO3S. The van der Waals surface area contributed by atoms with Crippen LogP contribution in [0.4, 0.5) is 27.6 Å². The zero-order valence-corrected chi connectivity index (χ0v) is 17.7. The standard InChI is InChI=1S/C22H22F5NO3S/c1-32(31,13-15-2-3-15)18-10-4-14(5-11-18)12-19(29)28-17-8-6-16(7-9-17)21(30,20(23)24)22(25,26)27/h4-11,15,20,30H,1-3,12-13H2,(H,28,29)/t21-,32?/m1/s1. The van der Waals surface area contributed by atoms with Crippen molar-refractivity contribution < 1.29 is 36.1 Å². The summed E-state index contributed by atoms with van der Waals surface area (Å²) in [5.41, 5.74) is -4.63. The van der Waals surface area contributed by atoms with Crippen LogP contribution in [0.15, 0.2) is 53.4 Å². The maximum absolute atomic E-state index is 12.9. The van der Waals surface area contributed by atoms with E-state index in [1.807, 2.05) is 0 Å². The molecule has 174 valence electrons. The van der Waals surface area contributed by atoms with Crippen molar-refractivity contribution in [2.75, 3.05) is 11.1 Å². The highest BCUT2D eigenvalue weighted by Gasteiger charge is 2.61. The first-order valence-electron chi connectivity index (χ1n) is 9.74. The molecule has 0 aromatic heterocycles. The Bertz CT molecular complexity index is 1060. The van der Waals surface area contributed by atoms with E-state index in [1.165, 1.54) is 0 Å².